The molecule has 0 aromatic heterocycles. The van der Waals surface area contributed by atoms with Gasteiger partial charge in [0.25, 0.3) is 5.91 Å². The predicted molar refractivity (Wildman–Crippen MR) is 194 cm³/mol. The molecule has 2 aliphatic rings. The number of phenols is 2. The molecule has 12 heteroatoms. The third-order valence-corrected chi connectivity index (χ3v) is 9.38. The summed E-state index contributed by atoms with van der Waals surface area (Å²) < 4.78 is 5.67. The fourth-order valence-corrected chi connectivity index (χ4v) is 6.60. The van der Waals surface area contributed by atoms with Crippen molar-refractivity contribution in [2.75, 3.05) is 19.7 Å². The minimum absolute atomic E-state index is 0.0299. The third-order valence-electron chi connectivity index (χ3n) is 9.38. The second-order valence-electron chi connectivity index (χ2n) is 14.4. The van der Waals surface area contributed by atoms with Crippen molar-refractivity contribution in [2.45, 2.75) is 84.2 Å². The van der Waals surface area contributed by atoms with Crippen LogP contribution in [0.3, 0.4) is 0 Å². The smallest absolute Gasteiger partial charge is 0.436 e. The molecular weight excluding hydrogens is 664 g/mol. The van der Waals surface area contributed by atoms with Crippen LogP contribution >= 0.6 is 0 Å². The van der Waals surface area contributed by atoms with Gasteiger partial charge in [-0.25, -0.2) is 4.79 Å². The number of carbonyl (C=O) groups is 4. The number of nitrogens with one attached hydrogen (secondary N) is 1. The van der Waals surface area contributed by atoms with Gasteiger partial charge in [0.05, 0.1) is 13.2 Å². The number of hydroxylamine groups is 2. The molecule has 0 spiro atoms. The van der Waals surface area contributed by atoms with Gasteiger partial charge >= 0.3 is 6.09 Å². The first kappa shape index (κ1) is 38.1. The minimum atomic E-state index is -1.19. The first-order chi connectivity index (χ1) is 24.9. The fourth-order valence-electron chi connectivity index (χ4n) is 6.60. The fraction of sp³-hybridized carbons (Fsp3) is 0.450. The summed E-state index contributed by atoms with van der Waals surface area (Å²) in [6, 6.07) is 20.5. The van der Waals surface area contributed by atoms with Crippen molar-refractivity contribution in [2.24, 2.45) is 11.8 Å². The molecular formula is C40H50N4O8. The van der Waals surface area contributed by atoms with Crippen LogP contribution in [0.1, 0.15) is 57.2 Å². The van der Waals surface area contributed by atoms with Gasteiger partial charge in [0.15, 0.2) is 12.3 Å². The van der Waals surface area contributed by atoms with Crippen LogP contribution in [0.15, 0.2) is 78.9 Å². The Morgan fingerprint density at radius 3 is 2.04 bits per heavy atom. The maximum absolute atomic E-state index is 14.7. The number of phenolic OH excluding ortho intramolecular Hbond substituents is 2. The second kappa shape index (κ2) is 17.4. The predicted octanol–water partition coefficient (Wildman–Crippen LogP) is 4.82. The highest BCUT2D eigenvalue weighted by atomic mass is 16.7. The molecule has 12 nitrogen and oxygen atoms in total. The number of carbonyl (C=O) groups excluding carboxylic acids is 4. The summed E-state index contributed by atoms with van der Waals surface area (Å²) in [5, 5.41) is 23.9. The summed E-state index contributed by atoms with van der Waals surface area (Å²) in [5.41, 5.74) is 2.41. The van der Waals surface area contributed by atoms with E-state index >= 15 is 0 Å². The number of nitrogens with zero attached hydrogens (tertiary/aromatic N) is 3. The maximum atomic E-state index is 14.7. The van der Waals surface area contributed by atoms with Crippen molar-refractivity contribution in [1.29, 1.82) is 0 Å². The molecule has 3 aromatic rings. The summed E-state index contributed by atoms with van der Waals surface area (Å²) in [6.07, 6.45) is -1.41. The van der Waals surface area contributed by atoms with E-state index in [9.17, 15) is 29.4 Å². The van der Waals surface area contributed by atoms with Gasteiger partial charge in [-0.15, -0.1) is 0 Å². The van der Waals surface area contributed by atoms with Gasteiger partial charge in [0, 0.05) is 19.4 Å². The number of hydrogen-bond donors (Lipinski definition) is 3. The molecule has 3 aromatic carbocycles. The van der Waals surface area contributed by atoms with Crippen LogP contribution in [0, 0.1) is 11.8 Å². The molecule has 2 fully saturated rings. The molecule has 4 atom stereocenters. The number of fused-ring (bicyclic) bond motifs is 1. The van der Waals surface area contributed by atoms with Gasteiger partial charge in [-0.1, -0.05) is 82.3 Å². The number of aromatic hydroxyl groups is 2. The van der Waals surface area contributed by atoms with Gasteiger partial charge < -0.3 is 30.1 Å². The van der Waals surface area contributed by atoms with E-state index in [0.29, 0.717) is 36.9 Å². The molecule has 0 aliphatic carbocycles. The third kappa shape index (κ3) is 9.61. The molecule has 278 valence electrons. The molecule has 4 amide bonds. The Morgan fingerprint density at radius 1 is 0.827 bits per heavy atom. The van der Waals surface area contributed by atoms with E-state index in [4.69, 9.17) is 9.57 Å². The first-order valence-electron chi connectivity index (χ1n) is 18.0. The lowest BCUT2D eigenvalue weighted by Crippen LogP contribution is -2.75. The van der Waals surface area contributed by atoms with E-state index in [1.165, 1.54) is 34.1 Å². The van der Waals surface area contributed by atoms with Crippen LogP contribution in [0.25, 0.3) is 0 Å². The Bertz CT molecular complexity index is 1670. The zero-order chi connectivity index (χ0) is 37.4. The quantitative estimate of drug-likeness (QED) is 0.215. The Kier molecular flexibility index (Phi) is 12.8. The van der Waals surface area contributed by atoms with Gasteiger partial charge in [-0.2, -0.15) is 5.06 Å². The minimum Gasteiger partial charge on any atom is -0.508 e. The molecule has 3 N–H and O–H groups in total. The van der Waals surface area contributed by atoms with Crippen LogP contribution in [0.5, 0.6) is 11.5 Å². The van der Waals surface area contributed by atoms with Crippen LogP contribution < -0.4 is 5.32 Å². The Hall–Kier alpha value is -5.10. The summed E-state index contributed by atoms with van der Waals surface area (Å²) in [6.45, 7) is 8.28. The number of piperazine rings is 1. The summed E-state index contributed by atoms with van der Waals surface area (Å²) in [7, 11) is 0. The van der Waals surface area contributed by atoms with Crippen LogP contribution in [0.4, 0.5) is 4.79 Å². The number of ether oxygens (including phenoxy) is 1. The normalized spacial score (nSPS) is 19.5. The highest BCUT2D eigenvalue weighted by Crippen LogP contribution is 2.33. The standard InChI is InChI=1S/C40H50N4O8/c1-26(2)19-21-51-40(50)44-36-25-42(33(22-27(3)4)37(47)41-20-18-28-8-6-5-7-9-28)38(48)34(23-29-10-14-31(45)15-11-29)43(36)39(49)35(52-44)24-30-12-16-32(46)17-13-30/h5-17,26-27,33-36,45-46H,18-25H2,1-4H3,(H,41,47)/t33-,34-,35+,36?/m0/s1. The summed E-state index contributed by atoms with van der Waals surface area (Å²) >= 11 is 0. The molecule has 0 bridgehead atoms. The molecule has 1 unspecified atom stereocenters. The van der Waals surface area contributed by atoms with E-state index < -0.39 is 42.3 Å². The number of hydrogen-bond acceptors (Lipinski definition) is 8. The van der Waals surface area contributed by atoms with Gasteiger partial charge in [-0.05, 0) is 72.1 Å². The van der Waals surface area contributed by atoms with Gasteiger partial charge in [0.1, 0.15) is 23.6 Å². The van der Waals surface area contributed by atoms with Crippen molar-refractivity contribution in [1.82, 2.24) is 20.2 Å². The van der Waals surface area contributed by atoms with Crippen molar-refractivity contribution in [3.05, 3.63) is 95.6 Å². The van der Waals surface area contributed by atoms with Crippen molar-refractivity contribution < 1.29 is 39.0 Å². The lowest BCUT2D eigenvalue weighted by atomic mass is 9.94. The molecule has 2 heterocycles. The van der Waals surface area contributed by atoms with Gasteiger partial charge in [0.2, 0.25) is 11.8 Å². The highest BCUT2D eigenvalue weighted by molar-refractivity contribution is 5.95. The van der Waals surface area contributed by atoms with Crippen LogP contribution in [-0.2, 0) is 43.2 Å². The molecule has 2 aliphatic heterocycles. The topological polar surface area (TPSA) is 149 Å². The molecule has 5 rings (SSSR count). The number of benzene rings is 3. The number of amides is 4. The zero-order valence-corrected chi connectivity index (χ0v) is 30.3. The highest BCUT2D eigenvalue weighted by Gasteiger charge is 2.55. The molecule has 0 saturated carbocycles. The van der Waals surface area contributed by atoms with Crippen molar-refractivity contribution in [3.63, 3.8) is 0 Å². The average molecular weight is 715 g/mol. The Morgan fingerprint density at radius 2 is 1.44 bits per heavy atom. The number of rotatable bonds is 14. The molecule has 2 saturated heterocycles. The second-order valence-corrected chi connectivity index (χ2v) is 14.4. The van der Waals surface area contributed by atoms with E-state index in [2.05, 4.69) is 5.32 Å². The lowest BCUT2D eigenvalue weighted by molar-refractivity contribution is -0.267. The van der Waals surface area contributed by atoms with Crippen molar-refractivity contribution >= 4 is 23.8 Å². The maximum Gasteiger partial charge on any atom is 0.436 e. The SMILES string of the molecule is CC(C)CCOC(=O)N1O[C@H](Cc2ccc(O)cc2)C(=O)N2C1CN([C@@H](CC(C)C)C(=O)NCCc1ccccc1)C(=O)[C@@H]2Cc1ccc(O)cc1. The molecule has 0 radical (unpaired) electrons. The molecule has 52 heavy (non-hydrogen) atoms. The Balaban J connectivity index is 1.50. The van der Waals surface area contributed by atoms with E-state index in [0.717, 1.165) is 10.6 Å². The summed E-state index contributed by atoms with van der Waals surface area (Å²) in [4.78, 5) is 66.1. The first-order valence-corrected chi connectivity index (χ1v) is 18.0. The largest absolute Gasteiger partial charge is 0.508 e. The van der Waals surface area contributed by atoms with E-state index in [1.54, 1.807) is 24.3 Å². The monoisotopic (exact) mass is 714 g/mol. The lowest BCUT2D eigenvalue weighted by Gasteiger charge is -2.53. The van der Waals surface area contributed by atoms with E-state index in [1.807, 2.05) is 58.0 Å². The Labute approximate surface area is 305 Å². The van der Waals surface area contributed by atoms with Crippen LogP contribution in [0.2, 0.25) is 0 Å². The average Bonchev–Trinajstić information content (AvgIpc) is 3.11. The summed E-state index contributed by atoms with van der Waals surface area (Å²) in [5.74, 6) is -0.838. The zero-order valence-electron chi connectivity index (χ0n) is 30.3. The van der Waals surface area contributed by atoms with Crippen LogP contribution in [-0.4, -0.2) is 92.9 Å². The van der Waals surface area contributed by atoms with Crippen molar-refractivity contribution in [3.8, 4) is 11.5 Å². The van der Waals surface area contributed by atoms with E-state index in [-0.39, 0.29) is 55.2 Å². The van der Waals surface area contributed by atoms with Gasteiger partial charge in [-0.3, -0.25) is 19.2 Å².